The number of carboxylic acids is 1. The van der Waals surface area contributed by atoms with E-state index in [1.807, 2.05) is 0 Å². The van der Waals surface area contributed by atoms with Gasteiger partial charge in [-0.15, -0.1) is 0 Å². The van der Waals surface area contributed by atoms with E-state index in [1.54, 1.807) is 20.1 Å². The van der Waals surface area contributed by atoms with Crippen molar-refractivity contribution in [2.24, 2.45) is 0 Å². The maximum absolute atomic E-state index is 12.5. The van der Waals surface area contributed by atoms with Gasteiger partial charge in [0.2, 0.25) is 0 Å². The van der Waals surface area contributed by atoms with Crippen LogP contribution in [0.5, 0.6) is 17.2 Å². The van der Waals surface area contributed by atoms with Gasteiger partial charge >= 0.3 is 5.97 Å². The first-order chi connectivity index (χ1) is 13.9. The van der Waals surface area contributed by atoms with Crippen molar-refractivity contribution in [3.8, 4) is 28.6 Å². The number of nitrogens with zero attached hydrogens (tertiary/aromatic N) is 1. The average molecular weight is 423 g/mol. The molecule has 4 heterocycles. The number of halogens is 1. The van der Waals surface area contributed by atoms with Gasteiger partial charge in [0, 0.05) is 31.8 Å². The predicted octanol–water partition coefficient (Wildman–Crippen LogP) is 2.46. The third kappa shape index (κ3) is 3.30. The predicted molar refractivity (Wildman–Crippen MR) is 103 cm³/mol. The minimum absolute atomic E-state index is 0.0583. The molecular formula is C19H19ClN2O7. The third-order valence-corrected chi connectivity index (χ3v) is 5.25. The highest BCUT2D eigenvalue weighted by molar-refractivity contribution is 6.31. The highest BCUT2D eigenvalue weighted by Gasteiger charge is 2.42. The Labute approximate surface area is 170 Å². The number of carboxylic acid groups (broad SMARTS) is 1. The van der Waals surface area contributed by atoms with Crippen molar-refractivity contribution in [1.82, 2.24) is 9.97 Å². The van der Waals surface area contributed by atoms with Crippen molar-refractivity contribution < 1.29 is 28.8 Å². The highest BCUT2D eigenvalue weighted by Crippen LogP contribution is 2.48. The number of H-pyrrole nitrogens is 1. The van der Waals surface area contributed by atoms with Gasteiger partial charge in [-0.2, -0.15) is 0 Å². The second kappa shape index (κ2) is 7.57. The SMILES string of the molecule is COCCCOc1cc2c(nc1Cl)-c1[nH]c(=O)c(C(=O)O)c3c1C(CO2)C(C)O3. The van der Waals surface area contributed by atoms with Gasteiger partial charge in [0.25, 0.3) is 5.56 Å². The third-order valence-electron chi connectivity index (χ3n) is 4.98. The summed E-state index contributed by atoms with van der Waals surface area (Å²) in [5.41, 5.74) is 0.0236. The van der Waals surface area contributed by atoms with E-state index in [2.05, 4.69) is 9.97 Å². The number of aromatic nitrogens is 2. The highest BCUT2D eigenvalue weighted by atomic mass is 35.5. The lowest BCUT2D eigenvalue weighted by Gasteiger charge is -2.15. The largest absolute Gasteiger partial charge is 0.490 e. The van der Waals surface area contributed by atoms with Crippen LogP contribution in [0, 0.1) is 0 Å². The second-order valence-electron chi connectivity index (χ2n) is 6.81. The van der Waals surface area contributed by atoms with Crippen LogP contribution in [0.2, 0.25) is 5.15 Å². The number of carbonyl (C=O) groups is 1. The molecule has 9 nitrogen and oxygen atoms in total. The molecule has 2 aromatic rings. The van der Waals surface area contributed by atoms with Crippen LogP contribution in [-0.2, 0) is 4.74 Å². The molecule has 0 saturated heterocycles. The number of pyridine rings is 2. The van der Waals surface area contributed by atoms with Crippen LogP contribution in [0.15, 0.2) is 10.9 Å². The van der Waals surface area contributed by atoms with E-state index >= 15 is 0 Å². The molecule has 0 spiro atoms. The van der Waals surface area contributed by atoms with Crippen LogP contribution in [0.4, 0.5) is 0 Å². The lowest BCUT2D eigenvalue weighted by molar-refractivity contribution is 0.0689. The monoisotopic (exact) mass is 422 g/mol. The van der Waals surface area contributed by atoms with E-state index in [9.17, 15) is 14.7 Å². The Morgan fingerprint density at radius 1 is 1.45 bits per heavy atom. The fourth-order valence-corrected chi connectivity index (χ4v) is 3.78. The quantitative estimate of drug-likeness (QED) is 0.538. The Morgan fingerprint density at radius 2 is 2.24 bits per heavy atom. The van der Waals surface area contributed by atoms with E-state index in [-0.39, 0.29) is 29.5 Å². The zero-order valence-corrected chi connectivity index (χ0v) is 16.5. The van der Waals surface area contributed by atoms with E-state index in [0.29, 0.717) is 48.1 Å². The first kappa shape index (κ1) is 19.5. The fourth-order valence-electron chi connectivity index (χ4n) is 3.58. The van der Waals surface area contributed by atoms with Gasteiger partial charge in [0.1, 0.15) is 17.5 Å². The summed E-state index contributed by atoms with van der Waals surface area (Å²) in [6.07, 6.45) is 0.311. The topological polar surface area (TPSA) is 120 Å². The number of hydrogen-bond donors (Lipinski definition) is 2. The van der Waals surface area contributed by atoms with E-state index in [4.69, 9.17) is 30.5 Å². The van der Waals surface area contributed by atoms with Crippen LogP contribution in [0.25, 0.3) is 11.4 Å². The molecule has 0 amide bonds. The maximum atomic E-state index is 12.5. The summed E-state index contributed by atoms with van der Waals surface area (Å²) >= 11 is 6.30. The Hall–Kier alpha value is -2.78. The van der Waals surface area contributed by atoms with Crippen LogP contribution >= 0.6 is 11.6 Å². The molecule has 4 rings (SSSR count). The van der Waals surface area contributed by atoms with Crippen molar-refractivity contribution in [2.45, 2.75) is 25.4 Å². The second-order valence-corrected chi connectivity index (χ2v) is 7.17. The Kier molecular flexibility index (Phi) is 5.10. The number of aromatic carboxylic acids is 1. The van der Waals surface area contributed by atoms with Gasteiger partial charge < -0.3 is 29.0 Å². The molecule has 154 valence electrons. The van der Waals surface area contributed by atoms with Crippen LogP contribution in [0.3, 0.4) is 0 Å². The maximum Gasteiger partial charge on any atom is 0.345 e. The summed E-state index contributed by atoms with van der Waals surface area (Å²) in [4.78, 5) is 31.1. The number of nitrogens with one attached hydrogen (secondary N) is 1. The number of rotatable bonds is 6. The van der Waals surface area contributed by atoms with E-state index < -0.39 is 17.1 Å². The van der Waals surface area contributed by atoms with E-state index in [0.717, 1.165) is 0 Å². The smallest absolute Gasteiger partial charge is 0.345 e. The number of aromatic amines is 1. The molecule has 0 aliphatic carbocycles. The fraction of sp³-hybridized carbons (Fsp3) is 0.421. The molecule has 0 fully saturated rings. The molecule has 2 aliphatic rings. The van der Waals surface area contributed by atoms with Crippen molar-refractivity contribution >= 4 is 17.6 Å². The number of hydrogen-bond acceptors (Lipinski definition) is 7. The molecule has 0 saturated carbocycles. The summed E-state index contributed by atoms with van der Waals surface area (Å²) in [6.45, 7) is 2.97. The van der Waals surface area contributed by atoms with Gasteiger partial charge in [0.15, 0.2) is 22.2 Å². The minimum Gasteiger partial charge on any atom is -0.490 e. The van der Waals surface area contributed by atoms with Gasteiger partial charge in [0.05, 0.1) is 24.8 Å². The molecule has 2 unspecified atom stereocenters. The van der Waals surface area contributed by atoms with Gasteiger partial charge in [-0.3, -0.25) is 4.79 Å². The van der Waals surface area contributed by atoms with Crippen LogP contribution in [-0.4, -0.2) is 54.1 Å². The standard InChI is InChI=1S/C19H19ClN2O7/c1-8-9-7-28-10-6-11(27-5-3-4-26-2)17(20)21-14(10)15-12(9)16(29-8)13(19(24)25)18(23)22-15/h6,8-9H,3-5,7H2,1-2H3,(H,22,23)(H,24,25). The van der Waals surface area contributed by atoms with Gasteiger partial charge in [-0.25, -0.2) is 9.78 Å². The van der Waals surface area contributed by atoms with Crippen molar-refractivity contribution in [2.75, 3.05) is 26.9 Å². The lowest BCUT2D eigenvalue weighted by atomic mass is 9.93. The molecular weight excluding hydrogens is 404 g/mol. The first-order valence-corrected chi connectivity index (χ1v) is 9.45. The molecule has 0 aromatic carbocycles. The van der Waals surface area contributed by atoms with Gasteiger partial charge in [-0.1, -0.05) is 11.6 Å². The van der Waals surface area contributed by atoms with Gasteiger partial charge in [-0.05, 0) is 6.92 Å². The van der Waals surface area contributed by atoms with Crippen LogP contribution in [0.1, 0.15) is 35.2 Å². The molecule has 0 bridgehead atoms. The summed E-state index contributed by atoms with van der Waals surface area (Å²) in [5, 5.41) is 9.56. The lowest BCUT2D eigenvalue weighted by Crippen LogP contribution is -2.20. The molecule has 2 aliphatic heterocycles. The Morgan fingerprint density at radius 3 is 2.97 bits per heavy atom. The number of fused-ring (bicyclic) bond motifs is 2. The minimum atomic E-state index is -1.35. The van der Waals surface area contributed by atoms with Crippen molar-refractivity contribution in [3.63, 3.8) is 0 Å². The van der Waals surface area contributed by atoms with Crippen LogP contribution < -0.4 is 19.8 Å². The molecule has 29 heavy (non-hydrogen) atoms. The van der Waals surface area contributed by atoms with Crippen molar-refractivity contribution in [1.29, 1.82) is 0 Å². The molecule has 2 N–H and O–H groups in total. The summed E-state index contributed by atoms with van der Waals surface area (Å²) in [6, 6.07) is 1.62. The zero-order valence-electron chi connectivity index (χ0n) is 15.8. The summed E-state index contributed by atoms with van der Waals surface area (Å²) < 4.78 is 22.3. The zero-order chi connectivity index (χ0) is 20.7. The number of methoxy groups -OCH3 is 1. The molecule has 10 heteroatoms. The summed E-state index contributed by atoms with van der Waals surface area (Å²) in [5.74, 6) is -0.823. The normalized spacial score (nSPS) is 18.9. The Balaban J connectivity index is 1.82. The summed E-state index contributed by atoms with van der Waals surface area (Å²) in [7, 11) is 1.61. The number of ether oxygens (including phenoxy) is 4. The van der Waals surface area contributed by atoms with Crippen molar-refractivity contribution in [3.05, 3.63) is 32.7 Å². The molecule has 2 atom stereocenters. The average Bonchev–Trinajstić information content (AvgIpc) is 2.90. The van der Waals surface area contributed by atoms with E-state index in [1.165, 1.54) is 0 Å². The molecule has 0 radical (unpaired) electrons. The first-order valence-electron chi connectivity index (χ1n) is 9.08. The molecule has 2 aromatic heterocycles. The Bertz CT molecular complexity index is 1040.